The molecule has 1 saturated carbocycles. The summed E-state index contributed by atoms with van der Waals surface area (Å²) in [5.74, 6) is 0.826. The molecular formula is C18H20N6O. The number of anilines is 1. The molecule has 0 saturated heterocycles. The first-order valence-electron chi connectivity index (χ1n) is 8.59. The maximum Gasteiger partial charge on any atom is 0.267 e. The Kier molecular flexibility index (Phi) is 4.13. The minimum Gasteiger partial charge on any atom is -0.367 e. The highest BCUT2D eigenvalue weighted by atomic mass is 16.1. The van der Waals surface area contributed by atoms with Crippen molar-refractivity contribution < 1.29 is 0 Å². The van der Waals surface area contributed by atoms with Gasteiger partial charge in [0, 0.05) is 18.3 Å². The minimum atomic E-state index is -0.0186. The van der Waals surface area contributed by atoms with Gasteiger partial charge in [0.15, 0.2) is 5.65 Å². The molecule has 1 aliphatic carbocycles. The maximum atomic E-state index is 12.1. The number of nitrogens with zero attached hydrogens (tertiary/aromatic N) is 5. The molecule has 128 valence electrons. The lowest BCUT2D eigenvalue weighted by Gasteiger charge is -2.30. The Balaban J connectivity index is 1.47. The van der Waals surface area contributed by atoms with Crippen molar-refractivity contribution in [3.63, 3.8) is 0 Å². The van der Waals surface area contributed by atoms with Gasteiger partial charge in [-0.2, -0.15) is 5.10 Å². The summed E-state index contributed by atoms with van der Waals surface area (Å²) in [7, 11) is 0. The Morgan fingerprint density at radius 3 is 2.76 bits per heavy atom. The Labute approximate surface area is 145 Å². The highest BCUT2D eigenvalue weighted by Crippen LogP contribution is 2.29. The molecule has 25 heavy (non-hydrogen) atoms. The van der Waals surface area contributed by atoms with Crippen LogP contribution in [0.3, 0.4) is 0 Å². The smallest absolute Gasteiger partial charge is 0.267 e. The number of aromatic nitrogens is 5. The van der Waals surface area contributed by atoms with Gasteiger partial charge < -0.3 is 5.32 Å². The maximum absolute atomic E-state index is 12.1. The second-order valence-electron chi connectivity index (χ2n) is 6.50. The molecule has 3 heterocycles. The SMILES string of the molecule is Cc1ccc(=O)n(C2CCC(Nc3ncnc4ncccc34)CC2)n1. The van der Waals surface area contributed by atoms with Gasteiger partial charge in [0.1, 0.15) is 12.1 Å². The zero-order valence-electron chi connectivity index (χ0n) is 14.1. The van der Waals surface area contributed by atoms with E-state index in [4.69, 9.17) is 0 Å². The van der Waals surface area contributed by atoms with Crippen molar-refractivity contribution in [2.75, 3.05) is 5.32 Å². The van der Waals surface area contributed by atoms with Crippen LogP contribution >= 0.6 is 0 Å². The van der Waals surface area contributed by atoms with Gasteiger partial charge in [-0.3, -0.25) is 4.79 Å². The Morgan fingerprint density at radius 1 is 1.08 bits per heavy atom. The summed E-state index contributed by atoms with van der Waals surface area (Å²) in [6.07, 6.45) is 7.07. The number of rotatable bonds is 3. The lowest BCUT2D eigenvalue weighted by atomic mass is 9.91. The summed E-state index contributed by atoms with van der Waals surface area (Å²) in [5, 5.41) is 8.86. The number of pyridine rings is 1. The molecule has 1 N–H and O–H groups in total. The predicted molar refractivity (Wildman–Crippen MR) is 95.5 cm³/mol. The Hall–Kier alpha value is -2.83. The van der Waals surface area contributed by atoms with Crippen LogP contribution in [0.1, 0.15) is 37.4 Å². The van der Waals surface area contributed by atoms with Gasteiger partial charge in [-0.1, -0.05) is 0 Å². The molecule has 0 unspecified atom stereocenters. The quantitative estimate of drug-likeness (QED) is 0.791. The standard InChI is InChI=1S/C18H20N6O/c1-12-4-9-16(25)24(23-12)14-7-5-13(6-8-14)22-18-15-3-2-10-19-17(15)20-11-21-18/h2-4,9-11,13-14H,5-8H2,1H3,(H,19,20,21,22). The molecule has 0 radical (unpaired) electrons. The third-order valence-corrected chi connectivity index (χ3v) is 4.75. The Morgan fingerprint density at radius 2 is 1.92 bits per heavy atom. The van der Waals surface area contributed by atoms with Crippen molar-refractivity contribution >= 4 is 16.9 Å². The molecule has 0 aromatic carbocycles. The molecule has 0 amide bonds. The van der Waals surface area contributed by atoms with Crippen LogP contribution in [0.4, 0.5) is 5.82 Å². The van der Waals surface area contributed by atoms with Gasteiger partial charge in [0.05, 0.1) is 17.1 Å². The first-order chi connectivity index (χ1) is 12.2. The minimum absolute atomic E-state index is 0.0186. The summed E-state index contributed by atoms with van der Waals surface area (Å²) in [6.45, 7) is 1.91. The zero-order chi connectivity index (χ0) is 17.2. The highest BCUT2D eigenvalue weighted by Gasteiger charge is 2.24. The fraction of sp³-hybridized carbons (Fsp3) is 0.389. The average molecular weight is 336 g/mol. The third-order valence-electron chi connectivity index (χ3n) is 4.75. The van der Waals surface area contributed by atoms with Gasteiger partial charge in [-0.05, 0) is 50.8 Å². The van der Waals surface area contributed by atoms with Gasteiger partial charge in [0.2, 0.25) is 0 Å². The van der Waals surface area contributed by atoms with Crippen molar-refractivity contribution in [2.45, 2.75) is 44.7 Å². The van der Waals surface area contributed by atoms with Crippen molar-refractivity contribution in [3.05, 3.63) is 52.8 Å². The number of fused-ring (bicyclic) bond motifs is 1. The number of aryl methyl sites for hydroxylation is 1. The first-order valence-corrected chi connectivity index (χ1v) is 8.59. The van der Waals surface area contributed by atoms with Gasteiger partial charge in [-0.15, -0.1) is 0 Å². The van der Waals surface area contributed by atoms with E-state index in [1.54, 1.807) is 29.3 Å². The van der Waals surface area contributed by atoms with Crippen LogP contribution in [0.5, 0.6) is 0 Å². The van der Waals surface area contributed by atoms with Crippen LogP contribution in [0.25, 0.3) is 11.0 Å². The number of nitrogens with one attached hydrogen (secondary N) is 1. The molecule has 0 spiro atoms. The largest absolute Gasteiger partial charge is 0.367 e. The summed E-state index contributed by atoms with van der Waals surface area (Å²) in [5.41, 5.74) is 1.55. The van der Waals surface area contributed by atoms with Gasteiger partial charge in [0.25, 0.3) is 5.56 Å². The second kappa shape index (κ2) is 6.58. The van der Waals surface area contributed by atoms with Gasteiger partial charge >= 0.3 is 0 Å². The van der Waals surface area contributed by atoms with E-state index in [-0.39, 0.29) is 11.6 Å². The van der Waals surface area contributed by atoms with Crippen molar-refractivity contribution in [3.8, 4) is 0 Å². The molecule has 7 nitrogen and oxygen atoms in total. The van der Waals surface area contributed by atoms with Crippen LogP contribution in [0.15, 0.2) is 41.6 Å². The summed E-state index contributed by atoms with van der Waals surface area (Å²) >= 11 is 0. The molecule has 4 rings (SSSR count). The number of hydrogen-bond acceptors (Lipinski definition) is 6. The summed E-state index contributed by atoms with van der Waals surface area (Å²) < 4.78 is 1.65. The molecule has 1 aliphatic rings. The lowest BCUT2D eigenvalue weighted by molar-refractivity contribution is 0.302. The average Bonchev–Trinajstić information content (AvgIpc) is 2.65. The van der Waals surface area contributed by atoms with Crippen LogP contribution in [-0.2, 0) is 0 Å². The van der Waals surface area contributed by atoms with Crippen LogP contribution in [-0.4, -0.2) is 30.8 Å². The Bertz CT molecular complexity index is 940. The zero-order valence-corrected chi connectivity index (χ0v) is 14.1. The molecule has 0 atom stereocenters. The van der Waals surface area contributed by atoms with Crippen molar-refractivity contribution in [1.82, 2.24) is 24.7 Å². The first kappa shape index (κ1) is 15.7. The fourth-order valence-corrected chi connectivity index (χ4v) is 3.45. The topological polar surface area (TPSA) is 85.6 Å². The van der Waals surface area contributed by atoms with Crippen molar-refractivity contribution in [1.29, 1.82) is 0 Å². The molecular weight excluding hydrogens is 316 g/mol. The molecule has 3 aromatic heterocycles. The van der Waals surface area contributed by atoms with E-state index in [0.29, 0.717) is 11.7 Å². The van der Waals surface area contributed by atoms with E-state index < -0.39 is 0 Å². The fourth-order valence-electron chi connectivity index (χ4n) is 3.45. The molecule has 1 fully saturated rings. The van der Waals surface area contributed by atoms with E-state index >= 15 is 0 Å². The summed E-state index contributed by atoms with van der Waals surface area (Å²) in [4.78, 5) is 24.9. The molecule has 0 bridgehead atoms. The normalized spacial score (nSPS) is 20.5. The van der Waals surface area contributed by atoms with E-state index in [1.165, 1.54) is 0 Å². The van der Waals surface area contributed by atoms with Crippen molar-refractivity contribution in [2.24, 2.45) is 0 Å². The molecule has 0 aliphatic heterocycles. The molecule has 7 heteroatoms. The van der Waals surface area contributed by atoms with Crippen LogP contribution < -0.4 is 10.9 Å². The lowest BCUT2D eigenvalue weighted by Crippen LogP contribution is -2.33. The van der Waals surface area contributed by atoms with Crippen LogP contribution in [0, 0.1) is 6.92 Å². The third kappa shape index (κ3) is 3.22. The monoisotopic (exact) mass is 336 g/mol. The molecule has 3 aromatic rings. The highest BCUT2D eigenvalue weighted by molar-refractivity contribution is 5.85. The van der Waals surface area contributed by atoms with E-state index in [1.807, 2.05) is 19.1 Å². The second-order valence-corrected chi connectivity index (χ2v) is 6.50. The van der Waals surface area contributed by atoms with Gasteiger partial charge in [-0.25, -0.2) is 19.6 Å². The predicted octanol–water partition coefficient (Wildman–Crippen LogP) is 2.49. The van der Waals surface area contributed by atoms with E-state index in [2.05, 4.69) is 25.4 Å². The van der Waals surface area contributed by atoms with E-state index in [0.717, 1.165) is 42.6 Å². The summed E-state index contributed by atoms with van der Waals surface area (Å²) in [6, 6.07) is 7.74. The van der Waals surface area contributed by atoms with E-state index in [9.17, 15) is 4.79 Å². The van der Waals surface area contributed by atoms with Crippen LogP contribution in [0.2, 0.25) is 0 Å². The number of hydrogen-bond donors (Lipinski definition) is 1.